The van der Waals surface area contributed by atoms with Crippen LogP contribution in [-0.2, 0) is 0 Å². The van der Waals surface area contributed by atoms with Gasteiger partial charge in [-0.25, -0.2) is 0 Å². The van der Waals surface area contributed by atoms with Crippen molar-refractivity contribution in [2.24, 2.45) is 94.7 Å². The molecule has 0 amide bonds. The maximum atomic E-state index is 2.90. The fourth-order valence-electron chi connectivity index (χ4n) is 12.1. The molecule has 0 nitrogen and oxygen atoms in total. The van der Waals surface area contributed by atoms with E-state index >= 15 is 0 Å². The predicted molar refractivity (Wildman–Crippen MR) is 149 cm³/mol. The van der Waals surface area contributed by atoms with E-state index in [0.29, 0.717) is 0 Å². The molecule has 0 aromatic heterocycles. The first-order valence-electron chi connectivity index (χ1n) is 15.2. The van der Waals surface area contributed by atoms with Crippen LogP contribution in [0.3, 0.4) is 0 Å². The summed E-state index contributed by atoms with van der Waals surface area (Å²) in [6, 6.07) is 0. The Morgan fingerprint density at radius 1 is 0.273 bits per heavy atom. The van der Waals surface area contributed by atoms with Gasteiger partial charge in [-0.05, 0) is 106 Å². The van der Waals surface area contributed by atoms with Crippen molar-refractivity contribution in [2.45, 2.75) is 107 Å². The van der Waals surface area contributed by atoms with Crippen LogP contribution < -0.4 is 0 Å². The Bertz CT molecular complexity index is 653. The molecule has 0 aliphatic heterocycles. The van der Waals surface area contributed by atoms with E-state index in [4.69, 9.17) is 0 Å². The van der Waals surface area contributed by atoms with E-state index < -0.39 is 8.07 Å². The van der Waals surface area contributed by atoms with Crippen molar-refractivity contribution in [3.05, 3.63) is 0 Å². The zero-order valence-corrected chi connectivity index (χ0v) is 25.9. The van der Waals surface area contributed by atoms with Gasteiger partial charge in [0.25, 0.3) is 0 Å². The van der Waals surface area contributed by atoms with E-state index in [2.05, 4.69) is 96.2 Å². The van der Waals surface area contributed by atoms with E-state index in [-0.39, 0.29) is 0 Å². The van der Waals surface area contributed by atoms with Crippen molar-refractivity contribution < 1.29 is 0 Å². The van der Waals surface area contributed by atoms with Crippen molar-refractivity contribution >= 4 is 8.07 Å². The Labute approximate surface area is 209 Å². The fraction of sp³-hybridized carbons (Fsp3) is 1.00. The minimum absolute atomic E-state index is 0.883. The Morgan fingerprint density at radius 2 is 0.485 bits per heavy atom. The molecule has 4 fully saturated rings. The van der Waals surface area contributed by atoms with Gasteiger partial charge in [-0.3, -0.25) is 0 Å². The van der Waals surface area contributed by atoms with Crippen molar-refractivity contribution in [1.29, 1.82) is 0 Å². The van der Waals surface area contributed by atoms with E-state index in [1.807, 2.05) is 0 Å². The summed E-state index contributed by atoms with van der Waals surface area (Å²) in [6.07, 6.45) is 0. The highest BCUT2D eigenvalue weighted by atomic mass is 28.3. The number of fused-ring (bicyclic) bond motifs is 2. The molecule has 4 aliphatic rings. The molecule has 17 unspecified atom stereocenters. The molecule has 0 bridgehead atoms. The van der Waals surface area contributed by atoms with Gasteiger partial charge in [-0.2, -0.15) is 0 Å². The third kappa shape index (κ3) is 3.46. The molecular weight excluding hydrogens is 412 g/mol. The second-order valence-electron chi connectivity index (χ2n) is 15.5. The largest absolute Gasteiger partial charge is 0.0689 e. The summed E-state index contributed by atoms with van der Waals surface area (Å²) in [5.41, 5.74) is 2.03. The Balaban J connectivity index is 1.77. The average molecular weight is 473 g/mol. The highest BCUT2D eigenvalue weighted by molar-refractivity contribution is 6.80. The van der Waals surface area contributed by atoms with Crippen LogP contribution in [0.1, 0.15) is 83.1 Å². The highest BCUT2D eigenvalue weighted by Crippen LogP contribution is 2.70. The lowest BCUT2D eigenvalue weighted by Crippen LogP contribution is -2.52. The summed E-state index contributed by atoms with van der Waals surface area (Å²) in [5, 5.41) is 0. The topological polar surface area (TPSA) is 0 Å². The Hall–Kier alpha value is 0.217. The van der Waals surface area contributed by atoms with Gasteiger partial charge in [-0.15, -0.1) is 0 Å². The molecule has 1 heteroatoms. The second kappa shape index (κ2) is 8.66. The molecule has 0 saturated heterocycles. The van der Waals surface area contributed by atoms with Crippen molar-refractivity contribution in [2.75, 3.05) is 0 Å². The molecule has 18 atom stereocenters. The van der Waals surface area contributed by atoms with Crippen LogP contribution in [0.15, 0.2) is 0 Å². The summed E-state index contributed by atoms with van der Waals surface area (Å²) in [5.74, 6) is 14.7. The monoisotopic (exact) mass is 472 g/mol. The number of hydrogen-bond donors (Lipinski definition) is 0. The molecule has 0 N–H and O–H groups in total. The molecular formula is C32H60Si. The third-order valence-electron chi connectivity index (χ3n) is 14.8. The summed E-state index contributed by atoms with van der Waals surface area (Å²) in [7, 11) is -1.51. The van der Waals surface area contributed by atoms with Crippen LogP contribution in [0.4, 0.5) is 0 Å². The van der Waals surface area contributed by atoms with Crippen LogP contribution in [0.25, 0.3) is 0 Å². The van der Waals surface area contributed by atoms with Gasteiger partial charge in [0.2, 0.25) is 0 Å². The normalized spacial score (nSPS) is 61.6. The summed E-state index contributed by atoms with van der Waals surface area (Å²) < 4.78 is 0. The molecule has 0 radical (unpaired) electrons. The molecule has 0 heterocycles. The maximum absolute atomic E-state index is 2.90. The van der Waals surface area contributed by atoms with Crippen LogP contribution in [-0.4, -0.2) is 8.07 Å². The van der Waals surface area contributed by atoms with Crippen molar-refractivity contribution in [3.8, 4) is 0 Å². The fourth-order valence-corrected chi connectivity index (χ4v) is 18.9. The van der Waals surface area contributed by atoms with Gasteiger partial charge in [-0.1, -0.05) is 96.2 Å². The van der Waals surface area contributed by atoms with Crippen molar-refractivity contribution in [3.63, 3.8) is 0 Å². The maximum Gasteiger partial charge on any atom is 0.0547 e. The average Bonchev–Trinajstić information content (AvgIpc) is 3.19. The highest BCUT2D eigenvalue weighted by Gasteiger charge is 2.65. The zero-order chi connectivity index (χ0) is 24.9. The van der Waals surface area contributed by atoms with Gasteiger partial charge in [0, 0.05) is 0 Å². The molecule has 0 spiro atoms. The van der Waals surface area contributed by atoms with E-state index in [9.17, 15) is 0 Å². The molecule has 33 heavy (non-hydrogen) atoms. The lowest BCUT2D eigenvalue weighted by atomic mass is 9.58. The molecule has 4 saturated carbocycles. The molecule has 192 valence electrons. The smallest absolute Gasteiger partial charge is 0.0547 e. The standard InChI is InChI=1S/C32H60Si/c1-15-17(3)21(7)29-27(19(15)5)23(9)25(11)31(29)33(13,14)32-26(12)24(10)28-20(6)16(2)18(4)22(8)30(28)32/h15-32H,1-14H3/t15?,16?,17?,18?,19?,20?,21?,22?,23?,24?,25-,26?,27?,28?,29?,30?,31?,32?/m0/s1. The predicted octanol–water partition coefficient (Wildman–Crippen LogP) is 9.59. The van der Waals surface area contributed by atoms with Crippen molar-refractivity contribution in [1.82, 2.24) is 0 Å². The van der Waals surface area contributed by atoms with E-state index in [1.54, 1.807) is 0 Å². The van der Waals surface area contributed by atoms with Gasteiger partial charge >= 0.3 is 0 Å². The SMILES string of the molecule is CC1C(C)C(C)C2C(C1C)C(C)C(C)C2[Si](C)(C)C1C2C(C)C(C)C(C)C(C)C2C(C)[C@@H]1C. The minimum Gasteiger partial charge on any atom is -0.0689 e. The molecule has 4 aliphatic carbocycles. The third-order valence-corrected chi connectivity index (χ3v) is 20.1. The van der Waals surface area contributed by atoms with E-state index in [1.165, 1.54) is 0 Å². The van der Waals surface area contributed by atoms with Gasteiger partial charge in [0.15, 0.2) is 0 Å². The Morgan fingerprint density at radius 3 is 0.758 bits per heavy atom. The molecule has 4 rings (SSSR count). The van der Waals surface area contributed by atoms with Crippen LogP contribution >= 0.6 is 0 Å². The quantitative estimate of drug-likeness (QED) is 0.351. The molecule has 0 aromatic rings. The number of rotatable bonds is 2. The van der Waals surface area contributed by atoms with Gasteiger partial charge in [0.1, 0.15) is 0 Å². The zero-order valence-electron chi connectivity index (χ0n) is 24.9. The van der Waals surface area contributed by atoms with Crippen LogP contribution in [0, 0.1) is 94.7 Å². The van der Waals surface area contributed by atoms with Gasteiger partial charge in [0.05, 0.1) is 8.07 Å². The first-order valence-corrected chi connectivity index (χ1v) is 18.3. The van der Waals surface area contributed by atoms with Gasteiger partial charge < -0.3 is 0 Å². The Kier molecular flexibility index (Phi) is 6.90. The first kappa shape index (κ1) is 26.3. The second-order valence-corrected chi connectivity index (χ2v) is 20.5. The molecule has 0 aromatic carbocycles. The summed E-state index contributed by atoms with van der Waals surface area (Å²) in [6.45, 7) is 37.5. The van der Waals surface area contributed by atoms with Crippen LogP contribution in [0.5, 0.6) is 0 Å². The first-order chi connectivity index (χ1) is 15.2. The van der Waals surface area contributed by atoms with E-state index in [0.717, 1.165) is 106 Å². The lowest BCUT2D eigenvalue weighted by molar-refractivity contribution is 0.0100. The number of hydrogen-bond acceptors (Lipinski definition) is 0. The minimum atomic E-state index is -1.51. The lowest BCUT2D eigenvalue weighted by Gasteiger charge is -2.54. The summed E-state index contributed by atoms with van der Waals surface area (Å²) in [4.78, 5) is 0. The summed E-state index contributed by atoms with van der Waals surface area (Å²) >= 11 is 0. The van der Waals surface area contributed by atoms with Crippen LogP contribution in [0.2, 0.25) is 24.2 Å².